The second kappa shape index (κ2) is 8.31. The summed E-state index contributed by atoms with van der Waals surface area (Å²) in [6.45, 7) is 1.89. The highest BCUT2D eigenvalue weighted by Gasteiger charge is 2.14. The van der Waals surface area contributed by atoms with E-state index in [9.17, 15) is 9.59 Å². The third kappa shape index (κ3) is 4.82. The summed E-state index contributed by atoms with van der Waals surface area (Å²) in [4.78, 5) is 31.5. The van der Waals surface area contributed by atoms with Gasteiger partial charge in [-0.1, -0.05) is 42.5 Å². The maximum Gasteiger partial charge on any atom is 0.270 e. The van der Waals surface area contributed by atoms with Gasteiger partial charge in [0.2, 0.25) is 0 Å². The van der Waals surface area contributed by atoms with Crippen molar-refractivity contribution in [1.29, 1.82) is 0 Å². The third-order valence-corrected chi connectivity index (χ3v) is 4.20. The molecule has 6 nitrogen and oxygen atoms in total. The van der Waals surface area contributed by atoms with Crippen molar-refractivity contribution >= 4 is 5.91 Å². The highest BCUT2D eigenvalue weighted by molar-refractivity contribution is 5.92. The van der Waals surface area contributed by atoms with Gasteiger partial charge < -0.3 is 15.0 Å². The predicted molar refractivity (Wildman–Crippen MR) is 103 cm³/mol. The molecule has 0 saturated heterocycles. The monoisotopic (exact) mass is 363 g/mol. The van der Waals surface area contributed by atoms with Crippen LogP contribution in [0, 0.1) is 0 Å². The van der Waals surface area contributed by atoms with Crippen LogP contribution in [-0.2, 0) is 6.42 Å². The Morgan fingerprint density at radius 2 is 1.85 bits per heavy atom. The van der Waals surface area contributed by atoms with E-state index in [1.807, 2.05) is 61.5 Å². The summed E-state index contributed by atoms with van der Waals surface area (Å²) >= 11 is 0. The number of benzene rings is 2. The summed E-state index contributed by atoms with van der Waals surface area (Å²) in [5.74, 6) is 0.807. The van der Waals surface area contributed by atoms with Gasteiger partial charge in [-0.25, -0.2) is 4.98 Å². The van der Waals surface area contributed by atoms with Crippen LogP contribution in [0.3, 0.4) is 0 Å². The minimum absolute atomic E-state index is 0.102. The van der Waals surface area contributed by atoms with Crippen molar-refractivity contribution in [2.75, 3.05) is 7.11 Å². The Hall–Kier alpha value is -3.41. The summed E-state index contributed by atoms with van der Waals surface area (Å²) in [5.41, 5.74) is 1.68. The molecule has 138 valence electrons. The number of nitrogens with one attached hydrogen (secondary N) is 2. The van der Waals surface area contributed by atoms with E-state index in [4.69, 9.17) is 4.74 Å². The molecule has 0 bridgehead atoms. The number of carbonyl (C=O) groups is 1. The van der Waals surface area contributed by atoms with Crippen LogP contribution in [-0.4, -0.2) is 23.0 Å². The molecular weight excluding hydrogens is 342 g/mol. The molecule has 27 heavy (non-hydrogen) atoms. The Bertz CT molecular complexity index is 966. The van der Waals surface area contributed by atoms with Crippen LogP contribution in [0.15, 0.2) is 65.5 Å². The van der Waals surface area contributed by atoms with Crippen LogP contribution >= 0.6 is 0 Å². The Morgan fingerprint density at radius 1 is 1.15 bits per heavy atom. The fourth-order valence-electron chi connectivity index (χ4n) is 2.74. The average molecular weight is 363 g/mol. The maximum atomic E-state index is 12.5. The average Bonchev–Trinajstić information content (AvgIpc) is 2.68. The molecule has 2 aromatic carbocycles. The van der Waals surface area contributed by atoms with Crippen LogP contribution in [0.2, 0.25) is 0 Å². The Labute approximate surface area is 157 Å². The smallest absolute Gasteiger partial charge is 0.270 e. The number of H-pyrrole nitrogens is 1. The topological polar surface area (TPSA) is 84.1 Å². The molecule has 2 N–H and O–H groups in total. The molecule has 0 radical (unpaired) electrons. The number of carbonyl (C=O) groups excluding carboxylic acids is 1. The van der Waals surface area contributed by atoms with Crippen molar-refractivity contribution < 1.29 is 9.53 Å². The van der Waals surface area contributed by atoms with Crippen LogP contribution in [0.4, 0.5) is 0 Å². The van der Waals surface area contributed by atoms with Gasteiger partial charge >= 0.3 is 0 Å². The van der Waals surface area contributed by atoms with Crippen molar-refractivity contribution in [2.24, 2.45) is 0 Å². The standard InChI is InChI=1S/C21H21N3O3/c1-14(16-6-4-3-5-7-16)22-21(26)18-13-20(25)24-19(23-18)12-15-8-10-17(27-2)11-9-15/h3-11,13-14H,12H2,1-2H3,(H,22,26)(H,23,24,25). The van der Waals surface area contributed by atoms with E-state index in [1.165, 1.54) is 6.07 Å². The quantitative estimate of drug-likeness (QED) is 0.705. The molecule has 0 saturated carbocycles. The second-order valence-corrected chi connectivity index (χ2v) is 6.21. The van der Waals surface area contributed by atoms with Gasteiger partial charge in [-0.3, -0.25) is 9.59 Å². The van der Waals surface area contributed by atoms with Crippen molar-refractivity contribution in [2.45, 2.75) is 19.4 Å². The van der Waals surface area contributed by atoms with E-state index >= 15 is 0 Å². The Kier molecular flexibility index (Phi) is 5.66. The number of hydrogen-bond donors (Lipinski definition) is 2. The first-order valence-corrected chi connectivity index (χ1v) is 8.64. The molecule has 1 heterocycles. The SMILES string of the molecule is COc1ccc(Cc2nc(C(=O)NC(C)c3ccccc3)cc(=O)[nH]2)cc1. The number of ether oxygens (including phenoxy) is 1. The lowest BCUT2D eigenvalue weighted by atomic mass is 10.1. The fourth-order valence-corrected chi connectivity index (χ4v) is 2.74. The van der Waals surface area contributed by atoms with E-state index in [0.717, 1.165) is 16.9 Å². The van der Waals surface area contributed by atoms with Crippen LogP contribution in [0.1, 0.15) is 40.4 Å². The first kappa shape index (κ1) is 18.4. The molecule has 3 rings (SSSR count). The van der Waals surface area contributed by atoms with Gasteiger partial charge in [0.25, 0.3) is 11.5 Å². The number of nitrogens with zero attached hydrogens (tertiary/aromatic N) is 1. The van der Waals surface area contributed by atoms with Gasteiger partial charge in [-0.15, -0.1) is 0 Å². The van der Waals surface area contributed by atoms with Gasteiger partial charge in [0.05, 0.1) is 13.2 Å². The lowest BCUT2D eigenvalue weighted by Crippen LogP contribution is -2.29. The molecule has 0 aliphatic carbocycles. The number of aromatic amines is 1. The van der Waals surface area contributed by atoms with E-state index < -0.39 is 0 Å². The van der Waals surface area contributed by atoms with Crippen LogP contribution in [0.5, 0.6) is 5.75 Å². The molecule has 0 aliphatic heterocycles. The third-order valence-electron chi connectivity index (χ3n) is 4.20. The zero-order valence-corrected chi connectivity index (χ0v) is 15.2. The van der Waals surface area contributed by atoms with Gasteiger partial charge in [0.1, 0.15) is 17.3 Å². The summed E-state index contributed by atoms with van der Waals surface area (Å²) in [6.07, 6.45) is 0.411. The van der Waals surface area contributed by atoms with E-state index in [2.05, 4.69) is 15.3 Å². The lowest BCUT2D eigenvalue weighted by molar-refractivity contribution is 0.0934. The van der Waals surface area contributed by atoms with Gasteiger partial charge in [0, 0.05) is 12.5 Å². The normalized spacial score (nSPS) is 11.6. The van der Waals surface area contributed by atoms with Crippen molar-refractivity contribution in [3.63, 3.8) is 0 Å². The fraction of sp³-hybridized carbons (Fsp3) is 0.190. The molecule has 1 unspecified atom stereocenters. The predicted octanol–water partition coefficient (Wildman–Crippen LogP) is 2.86. The molecule has 1 atom stereocenters. The van der Waals surface area contributed by atoms with Crippen molar-refractivity contribution in [3.8, 4) is 5.75 Å². The second-order valence-electron chi connectivity index (χ2n) is 6.21. The molecule has 0 fully saturated rings. The highest BCUT2D eigenvalue weighted by Crippen LogP contribution is 2.14. The Balaban J connectivity index is 1.75. The molecule has 6 heteroatoms. The lowest BCUT2D eigenvalue weighted by Gasteiger charge is -2.14. The molecular formula is C21H21N3O3. The highest BCUT2D eigenvalue weighted by atomic mass is 16.5. The molecule has 1 aromatic heterocycles. The van der Waals surface area contributed by atoms with Crippen molar-refractivity contribution in [3.05, 3.63) is 93.7 Å². The zero-order chi connectivity index (χ0) is 19.2. The van der Waals surface area contributed by atoms with Crippen LogP contribution < -0.4 is 15.6 Å². The van der Waals surface area contributed by atoms with E-state index in [0.29, 0.717) is 12.2 Å². The first-order chi connectivity index (χ1) is 13.0. The first-order valence-electron chi connectivity index (χ1n) is 8.64. The van der Waals surface area contributed by atoms with Gasteiger partial charge in [0.15, 0.2) is 0 Å². The largest absolute Gasteiger partial charge is 0.497 e. The minimum atomic E-state index is -0.381. The summed E-state index contributed by atoms with van der Waals surface area (Å²) in [7, 11) is 1.60. The summed E-state index contributed by atoms with van der Waals surface area (Å²) in [6, 6.07) is 18.1. The number of aromatic nitrogens is 2. The Morgan fingerprint density at radius 3 is 2.52 bits per heavy atom. The van der Waals surface area contributed by atoms with Crippen LogP contribution in [0.25, 0.3) is 0 Å². The number of amides is 1. The molecule has 1 amide bonds. The number of methoxy groups -OCH3 is 1. The number of hydrogen-bond acceptors (Lipinski definition) is 4. The van der Waals surface area contributed by atoms with Gasteiger partial charge in [-0.05, 0) is 30.2 Å². The maximum absolute atomic E-state index is 12.5. The molecule has 3 aromatic rings. The zero-order valence-electron chi connectivity index (χ0n) is 15.2. The summed E-state index contributed by atoms with van der Waals surface area (Å²) in [5, 5.41) is 2.88. The minimum Gasteiger partial charge on any atom is -0.497 e. The van der Waals surface area contributed by atoms with Gasteiger partial charge in [-0.2, -0.15) is 0 Å². The molecule has 0 spiro atoms. The summed E-state index contributed by atoms with van der Waals surface area (Å²) < 4.78 is 5.14. The van der Waals surface area contributed by atoms with E-state index in [1.54, 1.807) is 7.11 Å². The van der Waals surface area contributed by atoms with E-state index in [-0.39, 0.29) is 23.2 Å². The molecule has 0 aliphatic rings. The number of rotatable bonds is 6. The van der Waals surface area contributed by atoms with Crippen molar-refractivity contribution in [1.82, 2.24) is 15.3 Å².